The normalized spacial score (nSPS) is 10.2. The van der Waals surface area contributed by atoms with Crippen LogP contribution in [0.15, 0.2) is 79.0 Å². The van der Waals surface area contributed by atoms with Crippen LogP contribution in [0.25, 0.3) is 21.9 Å². The molecule has 1 aromatic heterocycles. The van der Waals surface area contributed by atoms with E-state index in [9.17, 15) is 14.9 Å². The molecular weight excluding hydrogens is 380 g/mol. The molecule has 4 aromatic rings. The smallest absolute Gasteiger partial charge is 0.335 e. The summed E-state index contributed by atoms with van der Waals surface area (Å²) >= 11 is 0. The summed E-state index contributed by atoms with van der Waals surface area (Å²) in [5.41, 5.74) is 4.26. The molecule has 1 heterocycles. The van der Waals surface area contributed by atoms with E-state index in [1.165, 1.54) is 6.07 Å². The molecule has 3 aromatic carbocycles. The molecule has 0 aliphatic carbocycles. The first-order valence-corrected chi connectivity index (χ1v) is 9.26. The van der Waals surface area contributed by atoms with Crippen molar-refractivity contribution < 1.29 is 14.8 Å². The second-order valence-electron chi connectivity index (χ2n) is 6.74. The number of benzene rings is 3. The number of carboxylic acids is 1. The van der Waals surface area contributed by atoms with E-state index in [1.807, 2.05) is 56.3 Å². The molecule has 0 fully saturated rings. The molecule has 0 aliphatic heterocycles. The molecular formula is C24H20N2O4. The van der Waals surface area contributed by atoms with E-state index in [4.69, 9.17) is 5.11 Å². The number of carboxylic acid groups (broad SMARTS) is 1. The third kappa shape index (κ3) is 4.67. The number of nitro benzene ring substituents is 1. The molecule has 6 nitrogen and oxygen atoms in total. The number of hydrogen-bond donors (Lipinski definition) is 1. The van der Waals surface area contributed by atoms with Crippen molar-refractivity contribution in [2.45, 2.75) is 13.8 Å². The summed E-state index contributed by atoms with van der Waals surface area (Å²) in [5, 5.41) is 21.5. The van der Waals surface area contributed by atoms with Crippen molar-refractivity contribution in [3.63, 3.8) is 0 Å². The van der Waals surface area contributed by atoms with Gasteiger partial charge in [0.1, 0.15) is 0 Å². The van der Waals surface area contributed by atoms with E-state index < -0.39 is 5.97 Å². The number of hydrogen-bond acceptors (Lipinski definition) is 4. The van der Waals surface area contributed by atoms with Crippen molar-refractivity contribution in [3.8, 4) is 11.1 Å². The first-order valence-electron chi connectivity index (χ1n) is 9.26. The zero-order valence-corrected chi connectivity index (χ0v) is 16.6. The number of rotatable bonds is 3. The van der Waals surface area contributed by atoms with E-state index in [1.54, 1.807) is 30.5 Å². The third-order valence-electron chi connectivity index (χ3n) is 4.82. The molecule has 0 atom stereocenters. The molecule has 0 amide bonds. The Bertz CT molecular complexity index is 1230. The monoisotopic (exact) mass is 400 g/mol. The van der Waals surface area contributed by atoms with Crippen LogP contribution >= 0.6 is 0 Å². The third-order valence-corrected chi connectivity index (χ3v) is 4.82. The van der Waals surface area contributed by atoms with Crippen LogP contribution in [-0.2, 0) is 0 Å². The highest BCUT2D eigenvalue weighted by atomic mass is 16.6. The largest absolute Gasteiger partial charge is 0.478 e. The van der Waals surface area contributed by atoms with Gasteiger partial charge in [0.25, 0.3) is 5.69 Å². The van der Waals surface area contributed by atoms with Gasteiger partial charge in [-0.25, -0.2) is 4.79 Å². The van der Waals surface area contributed by atoms with Gasteiger partial charge in [0.15, 0.2) is 0 Å². The molecule has 0 bridgehead atoms. The SMILES string of the molecule is Cc1nccc(-c2cccc([N+](=O)[O-])c2)c1C.O=C(O)c1ccc2ccccc2c1. The lowest BCUT2D eigenvalue weighted by Gasteiger charge is -2.07. The maximum absolute atomic E-state index is 10.7. The number of non-ortho nitro benzene ring substituents is 1. The van der Waals surface area contributed by atoms with Crippen LogP contribution < -0.4 is 0 Å². The highest BCUT2D eigenvalue weighted by molar-refractivity contribution is 5.94. The lowest BCUT2D eigenvalue weighted by Crippen LogP contribution is -1.94. The number of aromatic nitrogens is 1. The fourth-order valence-corrected chi connectivity index (χ4v) is 3.06. The topological polar surface area (TPSA) is 93.3 Å². The maximum atomic E-state index is 10.7. The Morgan fingerprint density at radius 3 is 2.37 bits per heavy atom. The molecule has 0 saturated carbocycles. The van der Waals surface area contributed by atoms with E-state index >= 15 is 0 Å². The molecule has 4 rings (SSSR count). The van der Waals surface area contributed by atoms with Crippen molar-refractivity contribution in [1.82, 2.24) is 4.98 Å². The average Bonchev–Trinajstić information content (AvgIpc) is 2.76. The molecule has 6 heteroatoms. The van der Waals surface area contributed by atoms with Crippen LogP contribution in [0.4, 0.5) is 5.69 Å². The summed E-state index contributed by atoms with van der Waals surface area (Å²) in [6, 6.07) is 21.3. The second kappa shape index (κ2) is 8.96. The molecule has 0 spiro atoms. The molecule has 30 heavy (non-hydrogen) atoms. The summed E-state index contributed by atoms with van der Waals surface area (Å²) in [7, 11) is 0. The zero-order valence-electron chi connectivity index (χ0n) is 16.6. The van der Waals surface area contributed by atoms with Gasteiger partial charge in [-0.2, -0.15) is 0 Å². The average molecular weight is 400 g/mol. The molecule has 150 valence electrons. The van der Waals surface area contributed by atoms with Crippen molar-refractivity contribution in [1.29, 1.82) is 0 Å². The lowest BCUT2D eigenvalue weighted by atomic mass is 10.0. The van der Waals surface area contributed by atoms with Gasteiger partial charge < -0.3 is 5.11 Å². The minimum Gasteiger partial charge on any atom is -0.478 e. The Hall–Kier alpha value is -4.06. The maximum Gasteiger partial charge on any atom is 0.335 e. The molecule has 0 aliphatic rings. The minimum absolute atomic E-state index is 0.108. The van der Waals surface area contributed by atoms with Crippen molar-refractivity contribution in [3.05, 3.63) is 106 Å². The van der Waals surface area contributed by atoms with Gasteiger partial charge in [0.05, 0.1) is 10.5 Å². The fourth-order valence-electron chi connectivity index (χ4n) is 3.06. The molecule has 0 unspecified atom stereocenters. The van der Waals surface area contributed by atoms with Gasteiger partial charge >= 0.3 is 5.97 Å². The Labute approximate surface area is 173 Å². The van der Waals surface area contributed by atoms with Crippen molar-refractivity contribution in [2.75, 3.05) is 0 Å². The zero-order chi connectivity index (χ0) is 21.7. The van der Waals surface area contributed by atoms with E-state index in [0.29, 0.717) is 5.56 Å². The van der Waals surface area contributed by atoms with Crippen LogP contribution in [0.1, 0.15) is 21.6 Å². The Kier molecular flexibility index (Phi) is 6.17. The van der Waals surface area contributed by atoms with Gasteiger partial charge in [-0.05, 0) is 59.5 Å². The van der Waals surface area contributed by atoms with Gasteiger partial charge in [-0.15, -0.1) is 0 Å². The van der Waals surface area contributed by atoms with E-state index in [0.717, 1.165) is 33.2 Å². The Balaban J connectivity index is 0.000000177. The lowest BCUT2D eigenvalue weighted by molar-refractivity contribution is -0.384. The number of aromatic carboxylic acids is 1. The van der Waals surface area contributed by atoms with Crippen LogP contribution in [-0.4, -0.2) is 21.0 Å². The number of nitro groups is 1. The number of aryl methyl sites for hydroxylation is 1. The molecule has 0 radical (unpaired) electrons. The van der Waals surface area contributed by atoms with Crippen LogP contribution in [0.2, 0.25) is 0 Å². The van der Waals surface area contributed by atoms with Gasteiger partial charge in [0.2, 0.25) is 0 Å². The second-order valence-corrected chi connectivity index (χ2v) is 6.74. The quantitative estimate of drug-likeness (QED) is 0.346. The van der Waals surface area contributed by atoms with Crippen LogP contribution in [0, 0.1) is 24.0 Å². The first kappa shape index (κ1) is 20.7. The summed E-state index contributed by atoms with van der Waals surface area (Å²) in [6.45, 7) is 3.90. The molecule has 0 saturated heterocycles. The van der Waals surface area contributed by atoms with Gasteiger partial charge in [0, 0.05) is 24.0 Å². The van der Waals surface area contributed by atoms with Gasteiger partial charge in [-0.3, -0.25) is 15.1 Å². The summed E-state index contributed by atoms with van der Waals surface area (Å²) in [5.74, 6) is -0.884. The number of fused-ring (bicyclic) bond motifs is 1. The number of pyridine rings is 1. The van der Waals surface area contributed by atoms with Gasteiger partial charge in [-0.1, -0.05) is 42.5 Å². The minimum atomic E-state index is -0.884. The summed E-state index contributed by atoms with van der Waals surface area (Å²) in [6.07, 6.45) is 1.72. The predicted octanol–water partition coefficient (Wildman–Crippen LogP) is 5.81. The number of nitrogens with zero attached hydrogens (tertiary/aromatic N) is 2. The summed E-state index contributed by atoms with van der Waals surface area (Å²) in [4.78, 5) is 25.2. The summed E-state index contributed by atoms with van der Waals surface area (Å²) < 4.78 is 0. The number of carbonyl (C=O) groups is 1. The van der Waals surface area contributed by atoms with Crippen molar-refractivity contribution in [2.24, 2.45) is 0 Å². The highest BCUT2D eigenvalue weighted by Crippen LogP contribution is 2.27. The Morgan fingerprint density at radius 1 is 0.933 bits per heavy atom. The first-order chi connectivity index (χ1) is 14.4. The van der Waals surface area contributed by atoms with Crippen LogP contribution in [0.3, 0.4) is 0 Å². The standard InChI is InChI=1S/C13H12N2O2.C11H8O2/c1-9-10(2)14-7-6-13(9)11-4-3-5-12(8-11)15(16)17;12-11(13)10-6-5-8-3-1-2-4-9(8)7-10/h3-8H,1-2H3;1-7H,(H,12,13). The molecule has 1 N–H and O–H groups in total. The van der Waals surface area contributed by atoms with E-state index in [2.05, 4.69) is 4.98 Å². The van der Waals surface area contributed by atoms with Crippen LogP contribution in [0.5, 0.6) is 0 Å². The highest BCUT2D eigenvalue weighted by Gasteiger charge is 2.09. The van der Waals surface area contributed by atoms with E-state index in [-0.39, 0.29) is 10.6 Å². The fraction of sp³-hybridized carbons (Fsp3) is 0.0833. The predicted molar refractivity (Wildman–Crippen MR) is 117 cm³/mol. The van der Waals surface area contributed by atoms with Crippen molar-refractivity contribution >= 4 is 22.4 Å². The Morgan fingerprint density at radius 2 is 1.67 bits per heavy atom.